The van der Waals surface area contributed by atoms with Gasteiger partial charge in [-0.2, -0.15) is 0 Å². The van der Waals surface area contributed by atoms with Crippen molar-refractivity contribution in [2.45, 2.75) is 51.5 Å². The van der Waals surface area contributed by atoms with Crippen LogP contribution in [-0.4, -0.2) is 11.0 Å². The van der Waals surface area contributed by atoms with Gasteiger partial charge in [0.2, 0.25) is 0 Å². The molecule has 3 atom stereocenters. The zero-order chi connectivity index (χ0) is 12.1. The van der Waals surface area contributed by atoms with Crippen LogP contribution in [0.2, 0.25) is 0 Å². The monoisotopic (exact) mass is 253 g/mol. The van der Waals surface area contributed by atoms with Crippen LogP contribution >= 0.6 is 11.3 Å². The first-order valence-corrected chi connectivity index (χ1v) is 7.56. The molecule has 1 aromatic rings. The maximum absolute atomic E-state index is 5.73. The molecule has 96 valence electrons. The summed E-state index contributed by atoms with van der Waals surface area (Å²) in [5.74, 6) is 7.36. The number of nitrogens with zero attached hydrogens (tertiary/aromatic N) is 1. The number of aromatic nitrogens is 1. The van der Waals surface area contributed by atoms with E-state index in [-0.39, 0.29) is 0 Å². The molecule has 1 heterocycles. The Morgan fingerprint density at radius 1 is 1.59 bits per heavy atom. The molecule has 0 aromatic carbocycles. The molecule has 3 nitrogen and oxygen atoms in total. The Labute approximate surface area is 108 Å². The van der Waals surface area contributed by atoms with Crippen LogP contribution in [0.25, 0.3) is 0 Å². The van der Waals surface area contributed by atoms with Crippen molar-refractivity contribution in [1.82, 2.24) is 10.4 Å². The number of hydrogen-bond donors (Lipinski definition) is 2. The molecule has 0 spiro atoms. The third-order valence-corrected chi connectivity index (χ3v) is 4.86. The predicted octanol–water partition coefficient (Wildman–Crippen LogP) is 2.73. The second kappa shape index (κ2) is 6.47. The molecule has 1 aliphatic rings. The maximum atomic E-state index is 5.73. The molecule has 0 amide bonds. The first-order chi connectivity index (χ1) is 8.33. The third kappa shape index (κ3) is 3.50. The summed E-state index contributed by atoms with van der Waals surface area (Å²) in [5.41, 5.74) is 3.02. The standard InChI is InChI=1S/C13H23N3S/c1-2-10-4-3-5-11(8-10)12(16-14)9-13-15-6-7-17-13/h6-7,10-12,16H,2-5,8-9,14H2,1H3. The summed E-state index contributed by atoms with van der Waals surface area (Å²) >= 11 is 1.73. The second-order valence-electron chi connectivity index (χ2n) is 5.10. The number of hydrazine groups is 1. The fraction of sp³-hybridized carbons (Fsp3) is 0.769. The van der Waals surface area contributed by atoms with Gasteiger partial charge in [0.25, 0.3) is 0 Å². The molecular formula is C13H23N3S. The van der Waals surface area contributed by atoms with Crippen molar-refractivity contribution in [3.63, 3.8) is 0 Å². The van der Waals surface area contributed by atoms with Crippen LogP contribution in [0.3, 0.4) is 0 Å². The van der Waals surface area contributed by atoms with E-state index in [2.05, 4.69) is 17.3 Å². The van der Waals surface area contributed by atoms with Crippen molar-refractivity contribution >= 4 is 11.3 Å². The van der Waals surface area contributed by atoms with Gasteiger partial charge >= 0.3 is 0 Å². The number of rotatable bonds is 5. The van der Waals surface area contributed by atoms with Gasteiger partial charge in [0.15, 0.2) is 0 Å². The molecule has 0 aliphatic heterocycles. The van der Waals surface area contributed by atoms with Crippen molar-refractivity contribution in [3.05, 3.63) is 16.6 Å². The van der Waals surface area contributed by atoms with Crippen molar-refractivity contribution in [2.75, 3.05) is 0 Å². The summed E-state index contributed by atoms with van der Waals surface area (Å²) in [4.78, 5) is 4.36. The van der Waals surface area contributed by atoms with E-state index >= 15 is 0 Å². The predicted molar refractivity (Wildman–Crippen MR) is 72.7 cm³/mol. The summed E-state index contributed by atoms with van der Waals surface area (Å²) in [5, 5.41) is 3.24. The number of hydrogen-bond acceptors (Lipinski definition) is 4. The highest BCUT2D eigenvalue weighted by molar-refractivity contribution is 7.09. The normalized spacial score (nSPS) is 26.9. The molecule has 3 unspecified atom stereocenters. The van der Waals surface area contributed by atoms with Crippen LogP contribution < -0.4 is 11.3 Å². The lowest BCUT2D eigenvalue weighted by Gasteiger charge is -2.33. The second-order valence-corrected chi connectivity index (χ2v) is 6.08. The number of thiazole rings is 1. The molecule has 4 heteroatoms. The van der Waals surface area contributed by atoms with Gasteiger partial charge in [-0.25, -0.2) is 4.98 Å². The number of nitrogens with two attached hydrogens (primary N) is 1. The van der Waals surface area contributed by atoms with Crippen LogP contribution in [-0.2, 0) is 6.42 Å². The van der Waals surface area contributed by atoms with E-state index in [4.69, 9.17) is 5.84 Å². The minimum atomic E-state index is 0.399. The maximum Gasteiger partial charge on any atom is 0.0940 e. The average molecular weight is 253 g/mol. The van der Waals surface area contributed by atoms with Crippen LogP contribution in [0.5, 0.6) is 0 Å². The van der Waals surface area contributed by atoms with Crippen molar-refractivity contribution in [1.29, 1.82) is 0 Å². The van der Waals surface area contributed by atoms with Gasteiger partial charge in [-0.1, -0.05) is 26.2 Å². The van der Waals surface area contributed by atoms with Gasteiger partial charge in [0.05, 0.1) is 5.01 Å². The summed E-state index contributed by atoms with van der Waals surface area (Å²) in [6.45, 7) is 2.30. The fourth-order valence-electron chi connectivity index (χ4n) is 2.97. The molecule has 17 heavy (non-hydrogen) atoms. The Bertz CT molecular complexity index is 312. The van der Waals surface area contributed by atoms with E-state index in [0.29, 0.717) is 6.04 Å². The van der Waals surface area contributed by atoms with E-state index in [0.717, 1.165) is 18.3 Å². The SMILES string of the molecule is CCC1CCCC(C(Cc2nccs2)NN)C1. The van der Waals surface area contributed by atoms with Crippen LogP contribution in [0, 0.1) is 11.8 Å². The van der Waals surface area contributed by atoms with Gasteiger partial charge in [0.1, 0.15) is 0 Å². The molecule has 1 aromatic heterocycles. The molecule has 1 aliphatic carbocycles. The Hall–Kier alpha value is -0.450. The summed E-state index contributed by atoms with van der Waals surface area (Å²) < 4.78 is 0. The van der Waals surface area contributed by atoms with Crippen LogP contribution in [0.1, 0.15) is 44.0 Å². The van der Waals surface area contributed by atoms with Crippen molar-refractivity contribution in [2.24, 2.45) is 17.7 Å². The summed E-state index contributed by atoms with van der Waals surface area (Å²) in [6, 6.07) is 0.399. The molecule has 2 rings (SSSR count). The first kappa shape index (κ1) is 13.0. The first-order valence-electron chi connectivity index (χ1n) is 6.68. The van der Waals surface area contributed by atoms with Crippen LogP contribution in [0.15, 0.2) is 11.6 Å². The highest BCUT2D eigenvalue weighted by Crippen LogP contribution is 2.33. The van der Waals surface area contributed by atoms with Gasteiger partial charge < -0.3 is 0 Å². The minimum absolute atomic E-state index is 0.399. The van der Waals surface area contributed by atoms with E-state index in [1.165, 1.54) is 37.1 Å². The minimum Gasteiger partial charge on any atom is -0.271 e. The van der Waals surface area contributed by atoms with Crippen LogP contribution in [0.4, 0.5) is 0 Å². The molecule has 1 saturated carbocycles. The fourth-order valence-corrected chi connectivity index (χ4v) is 3.65. The van der Waals surface area contributed by atoms with Gasteiger partial charge in [-0.15, -0.1) is 11.3 Å². The van der Waals surface area contributed by atoms with Gasteiger partial charge in [-0.05, 0) is 24.7 Å². The quantitative estimate of drug-likeness (QED) is 0.626. The summed E-state index contributed by atoms with van der Waals surface area (Å²) in [7, 11) is 0. The average Bonchev–Trinajstić information content (AvgIpc) is 2.89. The lowest BCUT2D eigenvalue weighted by atomic mass is 9.76. The van der Waals surface area contributed by atoms with E-state index in [9.17, 15) is 0 Å². The molecule has 1 fully saturated rings. The molecular weight excluding hydrogens is 230 g/mol. The highest BCUT2D eigenvalue weighted by Gasteiger charge is 2.27. The molecule has 0 radical (unpaired) electrons. The van der Waals surface area contributed by atoms with Gasteiger partial charge in [-0.3, -0.25) is 11.3 Å². The molecule has 0 bridgehead atoms. The zero-order valence-corrected chi connectivity index (χ0v) is 11.4. The van der Waals surface area contributed by atoms with E-state index < -0.39 is 0 Å². The van der Waals surface area contributed by atoms with Crippen molar-refractivity contribution < 1.29 is 0 Å². The smallest absolute Gasteiger partial charge is 0.0940 e. The Morgan fingerprint density at radius 3 is 3.12 bits per heavy atom. The van der Waals surface area contributed by atoms with E-state index in [1.54, 1.807) is 11.3 Å². The molecule has 3 N–H and O–H groups in total. The Kier molecular flexibility index (Phi) is 4.95. The van der Waals surface area contributed by atoms with E-state index in [1.807, 2.05) is 11.6 Å². The van der Waals surface area contributed by atoms with Gasteiger partial charge in [0, 0.05) is 24.0 Å². The summed E-state index contributed by atoms with van der Waals surface area (Å²) in [6.07, 6.45) is 9.58. The lowest BCUT2D eigenvalue weighted by Crippen LogP contribution is -2.44. The largest absolute Gasteiger partial charge is 0.271 e. The Balaban J connectivity index is 1.93. The molecule has 0 saturated heterocycles. The third-order valence-electron chi connectivity index (χ3n) is 4.06. The Morgan fingerprint density at radius 2 is 2.47 bits per heavy atom. The lowest BCUT2D eigenvalue weighted by molar-refractivity contribution is 0.208. The van der Waals surface area contributed by atoms with Crippen molar-refractivity contribution in [3.8, 4) is 0 Å². The topological polar surface area (TPSA) is 50.9 Å². The highest BCUT2D eigenvalue weighted by atomic mass is 32.1. The zero-order valence-electron chi connectivity index (χ0n) is 10.6. The number of nitrogens with one attached hydrogen (secondary N) is 1.